The molecule has 10 heteroatoms. The van der Waals surface area contributed by atoms with E-state index in [0.717, 1.165) is 29.3 Å². The minimum Gasteiger partial charge on any atom is -0.390 e. The van der Waals surface area contributed by atoms with Crippen molar-refractivity contribution in [2.24, 2.45) is 0 Å². The molecule has 0 unspecified atom stereocenters. The van der Waals surface area contributed by atoms with E-state index in [1.165, 1.54) is 4.31 Å². The summed E-state index contributed by atoms with van der Waals surface area (Å²) in [6.45, 7) is 4.96. The second kappa shape index (κ2) is 15.5. The number of aliphatic hydroxyl groups is 1. The van der Waals surface area contributed by atoms with Crippen LogP contribution in [0.5, 0.6) is 0 Å². The molecule has 0 aliphatic rings. The van der Waals surface area contributed by atoms with E-state index < -0.39 is 39.7 Å². The summed E-state index contributed by atoms with van der Waals surface area (Å²) >= 11 is 0. The molecular weight excluding hydrogens is 512 g/mol. The highest BCUT2D eigenvalue weighted by molar-refractivity contribution is 7.89. The normalized spacial score (nSPS) is 13.2. The van der Waals surface area contributed by atoms with Crippen molar-refractivity contribution >= 4 is 15.9 Å². The highest BCUT2D eigenvalue weighted by Crippen LogP contribution is 2.13. The lowest BCUT2D eigenvalue weighted by Gasteiger charge is -2.25. The van der Waals surface area contributed by atoms with Gasteiger partial charge in [-0.05, 0) is 54.7 Å². The van der Waals surface area contributed by atoms with Gasteiger partial charge in [-0.2, -0.15) is 0 Å². The fourth-order valence-corrected chi connectivity index (χ4v) is 5.69. The maximum Gasteiger partial charge on any atom is 0.221 e. The molecule has 0 aliphatic carbocycles. The van der Waals surface area contributed by atoms with Crippen molar-refractivity contribution in [3.63, 3.8) is 0 Å². The van der Waals surface area contributed by atoms with Crippen LogP contribution in [0.2, 0.25) is 0 Å². The molecule has 0 radical (unpaired) electrons. The number of sulfonamides is 1. The zero-order valence-corrected chi connectivity index (χ0v) is 22.7. The molecule has 2 atom stereocenters. The topological polar surface area (TPSA) is 98.7 Å². The van der Waals surface area contributed by atoms with Crippen LogP contribution in [0.25, 0.3) is 0 Å². The lowest BCUT2D eigenvalue weighted by Crippen LogP contribution is -2.49. The Bertz CT molecular complexity index is 1170. The first kappa shape index (κ1) is 31.4. The van der Waals surface area contributed by atoms with Crippen LogP contribution in [0.15, 0.2) is 42.5 Å². The average molecular weight is 550 g/mol. The van der Waals surface area contributed by atoms with Crippen molar-refractivity contribution in [3.8, 4) is 12.3 Å². The second-order valence-electron chi connectivity index (χ2n) is 9.16. The Morgan fingerprint density at radius 3 is 2.34 bits per heavy atom. The maximum absolute atomic E-state index is 13.8. The summed E-state index contributed by atoms with van der Waals surface area (Å²) in [6, 6.07) is 9.40. The van der Waals surface area contributed by atoms with Gasteiger partial charge in [-0.25, -0.2) is 21.5 Å². The van der Waals surface area contributed by atoms with E-state index in [4.69, 9.17) is 6.42 Å². The standard InChI is InChI=1S/C28H37F2N3O4S/c1-4-11-33(12-5-2)38(36,37)13-10-28(35)32-26(17-23-15-24(29)18-25(30)16-23)27(34)20-31-19-22-9-7-8-21(6-3)14-22/h3,7-9,14-16,18,26-27,31,34H,4-5,10-13,17,19-20H2,1-2H3,(H,32,35)/t26-,27+/m0/s1. The minimum atomic E-state index is -3.63. The van der Waals surface area contributed by atoms with E-state index >= 15 is 0 Å². The van der Waals surface area contributed by atoms with E-state index in [1.54, 1.807) is 6.07 Å². The first-order chi connectivity index (χ1) is 18.1. The molecule has 7 nitrogen and oxygen atoms in total. The van der Waals surface area contributed by atoms with Gasteiger partial charge in [-0.3, -0.25) is 4.79 Å². The number of nitrogens with one attached hydrogen (secondary N) is 2. The molecule has 0 saturated carbocycles. The molecule has 2 aromatic rings. The molecule has 0 fully saturated rings. The number of hydrogen-bond donors (Lipinski definition) is 3. The van der Waals surface area contributed by atoms with Gasteiger partial charge in [-0.1, -0.05) is 31.9 Å². The summed E-state index contributed by atoms with van der Waals surface area (Å²) in [5.74, 6) is 0.0520. The van der Waals surface area contributed by atoms with Crippen LogP contribution in [-0.2, 0) is 27.8 Å². The minimum absolute atomic E-state index is 0.0552. The number of carbonyl (C=O) groups is 1. The van der Waals surface area contributed by atoms with Gasteiger partial charge in [0.2, 0.25) is 15.9 Å². The van der Waals surface area contributed by atoms with Crippen molar-refractivity contribution in [1.82, 2.24) is 14.9 Å². The van der Waals surface area contributed by atoms with Crippen LogP contribution in [0, 0.1) is 24.0 Å². The van der Waals surface area contributed by atoms with Gasteiger partial charge in [0.1, 0.15) is 11.6 Å². The third kappa shape index (κ3) is 10.5. The van der Waals surface area contributed by atoms with Crippen molar-refractivity contribution in [1.29, 1.82) is 0 Å². The van der Waals surface area contributed by atoms with E-state index in [-0.39, 0.29) is 30.7 Å². The first-order valence-electron chi connectivity index (χ1n) is 12.7. The van der Waals surface area contributed by atoms with Crippen LogP contribution >= 0.6 is 0 Å². The molecule has 0 aromatic heterocycles. The van der Waals surface area contributed by atoms with Gasteiger partial charge >= 0.3 is 0 Å². The predicted molar refractivity (Wildman–Crippen MR) is 145 cm³/mol. The van der Waals surface area contributed by atoms with Gasteiger partial charge in [0.05, 0.1) is 17.9 Å². The van der Waals surface area contributed by atoms with Crippen LogP contribution in [-0.4, -0.2) is 61.3 Å². The summed E-state index contributed by atoms with van der Waals surface area (Å²) in [6.07, 6.45) is 5.25. The fourth-order valence-electron chi connectivity index (χ4n) is 4.06. The van der Waals surface area contributed by atoms with Crippen molar-refractivity contribution < 1.29 is 27.1 Å². The highest BCUT2D eigenvalue weighted by atomic mass is 32.2. The van der Waals surface area contributed by atoms with Crippen LogP contribution in [0.1, 0.15) is 49.8 Å². The smallest absolute Gasteiger partial charge is 0.221 e. The number of rotatable bonds is 16. The van der Waals surface area contributed by atoms with Gasteiger partial charge in [0, 0.05) is 44.2 Å². The van der Waals surface area contributed by atoms with E-state index in [1.807, 2.05) is 32.0 Å². The molecule has 0 bridgehead atoms. The first-order valence-corrected chi connectivity index (χ1v) is 14.3. The van der Waals surface area contributed by atoms with Crippen LogP contribution in [0.3, 0.4) is 0 Å². The lowest BCUT2D eigenvalue weighted by molar-refractivity contribution is -0.122. The van der Waals surface area contributed by atoms with Crippen molar-refractivity contribution in [2.45, 2.75) is 58.2 Å². The molecule has 0 aliphatic heterocycles. The number of aliphatic hydroxyl groups excluding tert-OH is 1. The summed E-state index contributed by atoms with van der Waals surface area (Å²) in [5, 5.41) is 16.6. The lowest BCUT2D eigenvalue weighted by atomic mass is 10.0. The van der Waals surface area contributed by atoms with Gasteiger partial charge < -0.3 is 15.7 Å². The highest BCUT2D eigenvalue weighted by Gasteiger charge is 2.25. The molecule has 0 saturated heterocycles. The third-order valence-corrected chi connectivity index (χ3v) is 7.76. The molecule has 2 rings (SSSR count). The summed E-state index contributed by atoms with van der Waals surface area (Å²) in [4.78, 5) is 12.7. The molecule has 1 amide bonds. The number of hydrogen-bond acceptors (Lipinski definition) is 5. The van der Waals surface area contributed by atoms with Crippen LogP contribution < -0.4 is 10.6 Å². The molecule has 0 heterocycles. The molecule has 38 heavy (non-hydrogen) atoms. The Balaban J connectivity index is 2.08. The summed E-state index contributed by atoms with van der Waals surface area (Å²) < 4.78 is 54.3. The van der Waals surface area contributed by atoms with Crippen molar-refractivity contribution in [2.75, 3.05) is 25.4 Å². The largest absolute Gasteiger partial charge is 0.390 e. The van der Waals surface area contributed by atoms with Gasteiger partial charge in [-0.15, -0.1) is 6.42 Å². The number of amides is 1. The molecule has 208 valence electrons. The predicted octanol–water partition coefficient (Wildman–Crippen LogP) is 2.97. The number of halogens is 2. The number of terminal acetylenes is 1. The van der Waals surface area contributed by atoms with Crippen LogP contribution in [0.4, 0.5) is 8.78 Å². The SMILES string of the molecule is C#Cc1cccc(CNC[C@@H](O)[C@H](Cc2cc(F)cc(F)c2)NC(=O)CCS(=O)(=O)N(CCC)CCC)c1. The molecular formula is C28H37F2N3O4S. The monoisotopic (exact) mass is 549 g/mol. The van der Waals surface area contributed by atoms with E-state index in [9.17, 15) is 27.1 Å². The zero-order chi connectivity index (χ0) is 28.1. The zero-order valence-electron chi connectivity index (χ0n) is 21.9. The number of nitrogens with zero attached hydrogens (tertiary/aromatic N) is 1. The number of carbonyl (C=O) groups excluding carboxylic acids is 1. The third-order valence-electron chi connectivity index (χ3n) is 5.89. The molecule has 0 spiro atoms. The molecule has 2 aromatic carbocycles. The summed E-state index contributed by atoms with van der Waals surface area (Å²) in [5.41, 5.74) is 1.86. The van der Waals surface area contributed by atoms with E-state index in [0.29, 0.717) is 32.5 Å². The van der Waals surface area contributed by atoms with E-state index in [2.05, 4.69) is 16.6 Å². The Hall–Kier alpha value is -2.84. The Morgan fingerprint density at radius 1 is 1.08 bits per heavy atom. The molecule has 3 N–H and O–H groups in total. The Kier molecular flexibility index (Phi) is 12.8. The quantitative estimate of drug-likeness (QED) is 0.280. The summed E-state index contributed by atoms with van der Waals surface area (Å²) in [7, 11) is -3.63. The fraction of sp³-hybridized carbons (Fsp3) is 0.464. The average Bonchev–Trinajstić information content (AvgIpc) is 2.86. The Morgan fingerprint density at radius 2 is 1.74 bits per heavy atom. The Labute approximate surface area is 224 Å². The van der Waals surface area contributed by atoms with Gasteiger partial charge in [0.25, 0.3) is 0 Å². The van der Waals surface area contributed by atoms with Gasteiger partial charge in [0.15, 0.2) is 0 Å². The van der Waals surface area contributed by atoms with Crippen molar-refractivity contribution in [3.05, 3.63) is 70.8 Å². The second-order valence-corrected chi connectivity index (χ2v) is 11.3. The number of benzene rings is 2. The maximum atomic E-state index is 13.8.